The highest BCUT2D eigenvalue weighted by Crippen LogP contribution is 2.47. The Morgan fingerprint density at radius 2 is 1.59 bits per heavy atom. The zero-order valence-corrected chi connectivity index (χ0v) is 17.1. The summed E-state index contributed by atoms with van der Waals surface area (Å²) in [6, 6.07) is 18.7. The van der Waals surface area contributed by atoms with E-state index in [1.165, 1.54) is 9.87 Å². The fourth-order valence-electron chi connectivity index (χ4n) is 3.88. The predicted octanol–water partition coefficient (Wildman–Crippen LogP) is 3.30. The molecule has 29 heavy (non-hydrogen) atoms. The lowest BCUT2D eigenvalue weighted by Gasteiger charge is -2.31. The van der Waals surface area contributed by atoms with E-state index in [1.54, 1.807) is 30.3 Å². The standard InChI is InChI=1S/C22H26N2O4S/c25-21(23-17-22(13-14-22)18-7-3-1-4-8-18)28-19-11-15-24(16-12-19)29(26,27)20-9-5-2-6-10-20/h1-10,19H,11-17H2,(H,23,25). The second kappa shape index (κ2) is 8.16. The molecule has 0 atom stereocenters. The lowest BCUT2D eigenvalue weighted by atomic mass is 9.96. The van der Waals surface area contributed by atoms with Gasteiger partial charge in [0.2, 0.25) is 10.0 Å². The van der Waals surface area contributed by atoms with E-state index in [9.17, 15) is 13.2 Å². The third kappa shape index (κ3) is 4.46. The third-order valence-electron chi connectivity index (χ3n) is 5.87. The molecule has 1 heterocycles. The van der Waals surface area contributed by atoms with Crippen molar-refractivity contribution in [3.05, 3.63) is 66.2 Å². The summed E-state index contributed by atoms with van der Waals surface area (Å²) in [5, 5.41) is 2.91. The second-order valence-corrected chi connectivity index (χ2v) is 9.76. The first-order chi connectivity index (χ1) is 14.0. The van der Waals surface area contributed by atoms with Crippen molar-refractivity contribution in [1.29, 1.82) is 0 Å². The molecule has 4 rings (SSSR count). The number of nitrogens with zero attached hydrogens (tertiary/aromatic N) is 1. The maximum atomic E-state index is 12.7. The minimum absolute atomic E-state index is 0.0351. The van der Waals surface area contributed by atoms with Crippen molar-refractivity contribution in [3.63, 3.8) is 0 Å². The maximum absolute atomic E-state index is 12.7. The molecule has 7 heteroatoms. The molecule has 1 aliphatic heterocycles. The minimum Gasteiger partial charge on any atom is -0.446 e. The first kappa shape index (κ1) is 19.9. The number of benzene rings is 2. The molecule has 0 bridgehead atoms. The van der Waals surface area contributed by atoms with Gasteiger partial charge in [0.05, 0.1) is 4.90 Å². The number of nitrogens with one attached hydrogen (secondary N) is 1. The fraction of sp³-hybridized carbons (Fsp3) is 0.409. The molecule has 1 amide bonds. The molecule has 1 saturated heterocycles. The van der Waals surface area contributed by atoms with Crippen LogP contribution in [0.25, 0.3) is 0 Å². The van der Waals surface area contributed by atoms with Gasteiger partial charge in [-0.05, 0) is 43.4 Å². The van der Waals surface area contributed by atoms with Crippen LogP contribution in [0.15, 0.2) is 65.6 Å². The molecule has 1 aliphatic carbocycles. The number of sulfonamides is 1. The molecule has 0 unspecified atom stereocenters. The molecule has 0 aromatic heterocycles. The quantitative estimate of drug-likeness (QED) is 0.787. The summed E-state index contributed by atoms with van der Waals surface area (Å²) in [6.07, 6.45) is 2.45. The van der Waals surface area contributed by atoms with Crippen LogP contribution in [0.2, 0.25) is 0 Å². The summed E-state index contributed by atoms with van der Waals surface area (Å²) >= 11 is 0. The van der Waals surface area contributed by atoms with Crippen molar-refractivity contribution in [2.45, 2.75) is 42.1 Å². The van der Waals surface area contributed by atoms with Gasteiger partial charge in [-0.3, -0.25) is 0 Å². The molecule has 6 nitrogen and oxygen atoms in total. The molecular formula is C22H26N2O4S. The van der Waals surface area contributed by atoms with E-state index in [0.29, 0.717) is 37.4 Å². The van der Waals surface area contributed by atoms with Crippen LogP contribution in [0.3, 0.4) is 0 Å². The lowest BCUT2D eigenvalue weighted by Crippen LogP contribution is -2.43. The molecule has 0 radical (unpaired) electrons. The molecule has 2 aliphatic rings. The summed E-state index contributed by atoms with van der Waals surface area (Å²) in [4.78, 5) is 12.6. The lowest BCUT2D eigenvalue weighted by molar-refractivity contribution is 0.0668. The number of alkyl carbamates (subject to hydrolysis) is 1. The molecule has 2 aromatic carbocycles. The Labute approximate surface area is 171 Å². The SMILES string of the molecule is O=C(NCC1(c2ccccc2)CC1)OC1CCN(S(=O)(=O)c2ccccc2)CC1. The Morgan fingerprint density at radius 1 is 1.00 bits per heavy atom. The van der Waals surface area contributed by atoms with E-state index in [1.807, 2.05) is 18.2 Å². The molecule has 2 aromatic rings. The van der Waals surface area contributed by atoms with Gasteiger partial charge < -0.3 is 10.1 Å². The average molecular weight is 415 g/mol. The average Bonchev–Trinajstić information content (AvgIpc) is 3.55. The number of amides is 1. The van der Waals surface area contributed by atoms with Gasteiger partial charge in [0, 0.05) is 25.0 Å². The molecule has 1 saturated carbocycles. The number of piperidine rings is 1. The third-order valence-corrected chi connectivity index (χ3v) is 7.78. The van der Waals surface area contributed by atoms with Crippen LogP contribution in [0.4, 0.5) is 4.79 Å². The summed E-state index contributed by atoms with van der Waals surface area (Å²) in [5.74, 6) is 0. The normalized spacial score (nSPS) is 19.4. The van der Waals surface area contributed by atoms with Gasteiger partial charge in [-0.2, -0.15) is 4.31 Å². The Hall–Kier alpha value is -2.38. The van der Waals surface area contributed by atoms with Crippen LogP contribution in [0, 0.1) is 0 Å². The van der Waals surface area contributed by atoms with Gasteiger partial charge in [0.25, 0.3) is 0 Å². The Balaban J connectivity index is 1.25. The highest BCUT2D eigenvalue weighted by atomic mass is 32.2. The van der Waals surface area contributed by atoms with Gasteiger partial charge in [-0.25, -0.2) is 13.2 Å². The van der Waals surface area contributed by atoms with Gasteiger partial charge in [0.15, 0.2) is 0 Å². The topological polar surface area (TPSA) is 75.7 Å². The van der Waals surface area contributed by atoms with E-state index in [0.717, 1.165) is 12.8 Å². The van der Waals surface area contributed by atoms with Gasteiger partial charge in [-0.15, -0.1) is 0 Å². The molecule has 2 fully saturated rings. The number of carbonyl (C=O) groups is 1. The van der Waals surface area contributed by atoms with Gasteiger partial charge in [0.1, 0.15) is 6.10 Å². The molecule has 1 N–H and O–H groups in total. The van der Waals surface area contributed by atoms with Crippen LogP contribution < -0.4 is 5.32 Å². The van der Waals surface area contributed by atoms with E-state index in [2.05, 4.69) is 17.4 Å². The summed E-state index contributed by atoms with van der Waals surface area (Å²) in [5.41, 5.74) is 1.28. The Kier molecular flexibility index (Phi) is 5.61. The summed E-state index contributed by atoms with van der Waals surface area (Å²) < 4.78 is 32.4. The van der Waals surface area contributed by atoms with Crippen molar-refractivity contribution >= 4 is 16.1 Å². The number of rotatable bonds is 6. The monoisotopic (exact) mass is 414 g/mol. The van der Waals surface area contributed by atoms with Crippen molar-refractivity contribution in [3.8, 4) is 0 Å². The van der Waals surface area contributed by atoms with E-state index >= 15 is 0 Å². The second-order valence-electron chi connectivity index (χ2n) is 7.82. The maximum Gasteiger partial charge on any atom is 0.407 e. The highest BCUT2D eigenvalue weighted by molar-refractivity contribution is 7.89. The largest absolute Gasteiger partial charge is 0.446 e. The molecule has 154 valence electrons. The smallest absolute Gasteiger partial charge is 0.407 e. The Bertz CT molecular complexity index is 935. The van der Waals surface area contributed by atoms with E-state index in [-0.39, 0.29) is 11.5 Å². The number of ether oxygens (including phenoxy) is 1. The van der Waals surface area contributed by atoms with Crippen LogP contribution in [-0.2, 0) is 20.2 Å². The van der Waals surface area contributed by atoms with Crippen LogP contribution in [0.5, 0.6) is 0 Å². The number of hydrogen-bond acceptors (Lipinski definition) is 4. The van der Waals surface area contributed by atoms with Crippen molar-refractivity contribution in [2.75, 3.05) is 19.6 Å². The van der Waals surface area contributed by atoms with Crippen molar-refractivity contribution in [2.24, 2.45) is 0 Å². The first-order valence-electron chi connectivity index (χ1n) is 10.0. The summed E-state index contributed by atoms with van der Waals surface area (Å²) in [6.45, 7) is 1.27. The number of hydrogen-bond donors (Lipinski definition) is 1. The van der Waals surface area contributed by atoms with E-state index < -0.39 is 16.1 Å². The van der Waals surface area contributed by atoms with Gasteiger partial charge >= 0.3 is 6.09 Å². The van der Waals surface area contributed by atoms with Gasteiger partial charge in [-0.1, -0.05) is 48.5 Å². The number of carbonyl (C=O) groups excluding carboxylic acids is 1. The van der Waals surface area contributed by atoms with E-state index in [4.69, 9.17) is 4.74 Å². The van der Waals surface area contributed by atoms with Crippen LogP contribution in [-0.4, -0.2) is 44.6 Å². The highest BCUT2D eigenvalue weighted by Gasteiger charge is 2.44. The van der Waals surface area contributed by atoms with Crippen molar-refractivity contribution < 1.29 is 17.9 Å². The summed E-state index contributed by atoms with van der Waals surface area (Å²) in [7, 11) is -3.49. The Morgan fingerprint density at radius 3 is 2.17 bits per heavy atom. The van der Waals surface area contributed by atoms with Crippen LogP contribution in [0.1, 0.15) is 31.2 Å². The first-order valence-corrected chi connectivity index (χ1v) is 11.5. The fourth-order valence-corrected chi connectivity index (χ4v) is 5.37. The minimum atomic E-state index is -3.49. The van der Waals surface area contributed by atoms with Crippen LogP contribution >= 0.6 is 0 Å². The predicted molar refractivity (Wildman–Crippen MR) is 110 cm³/mol. The zero-order chi connectivity index (χ0) is 20.3. The molecular weight excluding hydrogens is 388 g/mol. The molecule has 0 spiro atoms. The van der Waals surface area contributed by atoms with Crippen molar-refractivity contribution in [1.82, 2.24) is 9.62 Å². The zero-order valence-electron chi connectivity index (χ0n) is 16.3.